The Morgan fingerprint density at radius 1 is 1.62 bits per heavy atom. The fourth-order valence-corrected chi connectivity index (χ4v) is 1.85. The number of aliphatic imine (C=N–C) groups is 1. The summed E-state index contributed by atoms with van der Waals surface area (Å²) in [6.45, 7) is 10.6. The zero-order valence-electron chi connectivity index (χ0n) is 9.91. The zero-order valence-corrected chi connectivity index (χ0v) is 9.91. The number of rotatable bonds is 6. The normalized spacial score (nSPS) is 23.7. The lowest BCUT2D eigenvalue weighted by molar-refractivity contribution is -0.813. The maximum Gasteiger partial charge on any atom is 0.243 e. The molecule has 1 heterocycles. The van der Waals surface area contributed by atoms with Gasteiger partial charge in [-0.25, -0.2) is 4.99 Å². The molecule has 1 rings (SSSR count). The van der Waals surface area contributed by atoms with E-state index in [1.165, 1.54) is 6.08 Å². The third-order valence-corrected chi connectivity index (χ3v) is 2.93. The Bertz CT molecular complexity index is 322. The average Bonchev–Trinajstić information content (AvgIpc) is 2.61. The van der Waals surface area contributed by atoms with E-state index in [2.05, 4.69) is 30.5 Å². The van der Waals surface area contributed by atoms with E-state index in [1.54, 1.807) is 0 Å². The van der Waals surface area contributed by atoms with Crippen molar-refractivity contribution in [2.75, 3.05) is 33.2 Å². The lowest BCUT2D eigenvalue weighted by atomic mass is 10.3. The molecule has 0 aliphatic carbocycles. The number of quaternary nitrogens is 1. The van der Waals surface area contributed by atoms with Crippen LogP contribution in [0, 0.1) is 0 Å². The molecule has 88 valence electrons. The minimum Gasteiger partial charge on any atom is -0.347 e. The van der Waals surface area contributed by atoms with Gasteiger partial charge in [-0.3, -0.25) is 9.28 Å². The van der Waals surface area contributed by atoms with Gasteiger partial charge in [0.15, 0.2) is 0 Å². The van der Waals surface area contributed by atoms with Crippen LogP contribution >= 0.6 is 0 Å². The predicted molar refractivity (Wildman–Crippen MR) is 66.2 cm³/mol. The van der Waals surface area contributed by atoms with Gasteiger partial charge in [-0.1, -0.05) is 12.7 Å². The molecule has 1 aliphatic heterocycles. The molecule has 4 heteroatoms. The van der Waals surface area contributed by atoms with Crippen LogP contribution in [0.15, 0.2) is 30.3 Å². The van der Waals surface area contributed by atoms with E-state index in [0.717, 1.165) is 36.4 Å². The smallest absolute Gasteiger partial charge is 0.243 e. The Balaban J connectivity index is 2.45. The predicted octanol–water partition coefficient (Wildman–Crippen LogP) is 0.723. The molecule has 1 aliphatic rings. The van der Waals surface area contributed by atoms with Crippen molar-refractivity contribution in [3.8, 4) is 0 Å². The fourth-order valence-electron chi connectivity index (χ4n) is 1.85. The van der Waals surface area contributed by atoms with Crippen molar-refractivity contribution in [1.82, 2.24) is 5.32 Å². The first-order chi connectivity index (χ1) is 7.62. The molecule has 0 radical (unpaired) electrons. The number of nitrogens with zero attached hydrogens (tertiary/aromatic N) is 2. The number of carbonyl (C=O) groups excluding carboxylic acids is 1. The second kappa shape index (κ2) is 5.61. The van der Waals surface area contributed by atoms with E-state index in [1.807, 2.05) is 6.08 Å². The van der Waals surface area contributed by atoms with Crippen molar-refractivity contribution in [2.24, 2.45) is 4.99 Å². The molecule has 16 heavy (non-hydrogen) atoms. The number of likely N-dealkylation sites (N-methyl/N-ethyl adjacent to an activating group) is 1. The number of hydrogen-bond acceptors (Lipinski definition) is 2. The summed E-state index contributed by atoms with van der Waals surface area (Å²) in [6.07, 6.45) is 4.00. The van der Waals surface area contributed by atoms with Crippen molar-refractivity contribution in [2.45, 2.75) is 6.42 Å². The molecule has 0 saturated carbocycles. The summed E-state index contributed by atoms with van der Waals surface area (Å²) >= 11 is 0. The van der Waals surface area contributed by atoms with Crippen molar-refractivity contribution in [1.29, 1.82) is 0 Å². The maximum absolute atomic E-state index is 11.0. The van der Waals surface area contributed by atoms with Gasteiger partial charge in [0, 0.05) is 0 Å². The number of amidine groups is 1. The minimum absolute atomic E-state index is 0.118. The van der Waals surface area contributed by atoms with E-state index >= 15 is 0 Å². The van der Waals surface area contributed by atoms with Crippen LogP contribution in [0.5, 0.6) is 0 Å². The molecule has 1 unspecified atom stereocenters. The summed E-state index contributed by atoms with van der Waals surface area (Å²) in [6, 6.07) is 0. The fraction of sp³-hybridized carbons (Fsp3) is 0.500. The van der Waals surface area contributed by atoms with Crippen LogP contribution in [-0.4, -0.2) is 49.5 Å². The summed E-state index contributed by atoms with van der Waals surface area (Å²) < 4.78 is 0.809. The lowest BCUT2D eigenvalue weighted by Gasteiger charge is -2.29. The van der Waals surface area contributed by atoms with E-state index in [9.17, 15) is 4.79 Å². The highest BCUT2D eigenvalue weighted by molar-refractivity contribution is 5.86. The van der Waals surface area contributed by atoms with E-state index in [0.29, 0.717) is 6.54 Å². The van der Waals surface area contributed by atoms with Crippen LogP contribution in [0.25, 0.3) is 0 Å². The zero-order chi connectivity index (χ0) is 12.0. The molecule has 0 fully saturated rings. The minimum atomic E-state index is -0.118. The Hall–Kier alpha value is -1.42. The van der Waals surface area contributed by atoms with Gasteiger partial charge in [-0.15, -0.1) is 6.58 Å². The van der Waals surface area contributed by atoms with E-state index in [4.69, 9.17) is 0 Å². The second-order valence-corrected chi connectivity index (χ2v) is 4.13. The maximum atomic E-state index is 11.0. The summed E-state index contributed by atoms with van der Waals surface area (Å²) in [5, 5.41) is 2.79. The molecule has 4 nitrogen and oxygen atoms in total. The van der Waals surface area contributed by atoms with Crippen LogP contribution in [0.1, 0.15) is 6.42 Å². The third-order valence-electron chi connectivity index (χ3n) is 2.93. The van der Waals surface area contributed by atoms with Gasteiger partial charge in [0.25, 0.3) is 0 Å². The van der Waals surface area contributed by atoms with Gasteiger partial charge in [0.2, 0.25) is 11.7 Å². The van der Waals surface area contributed by atoms with Crippen LogP contribution in [-0.2, 0) is 4.79 Å². The van der Waals surface area contributed by atoms with Gasteiger partial charge in [-0.05, 0) is 6.08 Å². The number of hydrogen-bond donors (Lipinski definition) is 1. The highest BCUT2D eigenvalue weighted by Gasteiger charge is 2.32. The molecule has 1 amide bonds. The first-order valence-electron chi connectivity index (χ1n) is 5.52. The van der Waals surface area contributed by atoms with Gasteiger partial charge in [-0.2, -0.15) is 0 Å². The standard InChI is InChI=1S/C12H19N3O/c1-4-6-11-13-7-9-15(11,3)10-8-14-12(16)5-2/h4-5H,1-2,6-10H2,3H3/p+1. The van der Waals surface area contributed by atoms with Crippen LogP contribution < -0.4 is 5.32 Å². The molecule has 0 aromatic rings. The number of amides is 1. The summed E-state index contributed by atoms with van der Waals surface area (Å²) in [5.41, 5.74) is 0. The Morgan fingerprint density at radius 2 is 2.38 bits per heavy atom. The SMILES string of the molecule is C=CCC1=NCC[N+]1(C)CCNC(=O)C=C. The molecule has 0 spiro atoms. The average molecular weight is 222 g/mol. The van der Waals surface area contributed by atoms with E-state index < -0.39 is 0 Å². The third kappa shape index (κ3) is 3.03. The highest BCUT2D eigenvalue weighted by Crippen LogP contribution is 2.14. The molecule has 1 atom stereocenters. The van der Waals surface area contributed by atoms with Crippen molar-refractivity contribution >= 4 is 11.7 Å². The quantitative estimate of drug-likeness (QED) is 0.402. The summed E-state index contributed by atoms with van der Waals surface area (Å²) in [4.78, 5) is 15.5. The molecular weight excluding hydrogens is 202 g/mol. The topological polar surface area (TPSA) is 41.5 Å². The Kier molecular flexibility index (Phi) is 4.43. The molecular formula is C12H20N3O+. The van der Waals surface area contributed by atoms with Gasteiger partial charge in [0.05, 0.1) is 26.6 Å². The molecule has 0 aromatic carbocycles. The highest BCUT2D eigenvalue weighted by atomic mass is 16.1. The molecule has 0 saturated heterocycles. The van der Waals surface area contributed by atoms with Crippen LogP contribution in [0.3, 0.4) is 0 Å². The first-order valence-corrected chi connectivity index (χ1v) is 5.52. The van der Waals surface area contributed by atoms with Crippen LogP contribution in [0.4, 0.5) is 0 Å². The van der Waals surface area contributed by atoms with Crippen molar-refractivity contribution in [3.63, 3.8) is 0 Å². The lowest BCUT2D eigenvalue weighted by Crippen LogP contribution is -2.50. The van der Waals surface area contributed by atoms with E-state index in [-0.39, 0.29) is 5.91 Å². The summed E-state index contributed by atoms with van der Waals surface area (Å²) in [5.74, 6) is 1.04. The summed E-state index contributed by atoms with van der Waals surface area (Å²) in [7, 11) is 2.15. The van der Waals surface area contributed by atoms with Crippen LogP contribution in [0.2, 0.25) is 0 Å². The van der Waals surface area contributed by atoms with Crippen molar-refractivity contribution in [3.05, 3.63) is 25.3 Å². The number of carbonyl (C=O) groups is 1. The molecule has 1 N–H and O–H groups in total. The molecule has 0 bridgehead atoms. The van der Waals surface area contributed by atoms with Gasteiger partial charge < -0.3 is 5.32 Å². The number of nitrogens with one attached hydrogen (secondary N) is 1. The first kappa shape index (κ1) is 12.6. The van der Waals surface area contributed by atoms with Gasteiger partial charge in [0.1, 0.15) is 13.1 Å². The Labute approximate surface area is 96.9 Å². The Morgan fingerprint density at radius 3 is 3.00 bits per heavy atom. The van der Waals surface area contributed by atoms with Crippen molar-refractivity contribution < 1.29 is 9.28 Å². The monoisotopic (exact) mass is 222 g/mol. The van der Waals surface area contributed by atoms with Gasteiger partial charge >= 0.3 is 0 Å². The molecule has 0 aromatic heterocycles. The second-order valence-electron chi connectivity index (χ2n) is 4.13. The largest absolute Gasteiger partial charge is 0.347 e.